The van der Waals surface area contributed by atoms with Crippen molar-refractivity contribution in [1.82, 2.24) is 10.6 Å². The van der Waals surface area contributed by atoms with Gasteiger partial charge in [-0.3, -0.25) is 4.99 Å². The predicted octanol–water partition coefficient (Wildman–Crippen LogP) is 1.93. The van der Waals surface area contributed by atoms with E-state index >= 15 is 0 Å². The van der Waals surface area contributed by atoms with Crippen LogP contribution < -0.4 is 10.6 Å². The molecule has 0 aromatic carbocycles. The highest BCUT2D eigenvalue weighted by atomic mass is 127. The molecule has 0 bridgehead atoms. The number of rotatable bonds is 5. The van der Waals surface area contributed by atoms with E-state index in [9.17, 15) is 0 Å². The van der Waals surface area contributed by atoms with Gasteiger partial charge in [-0.2, -0.15) is 11.8 Å². The second kappa shape index (κ2) is 11.4. The van der Waals surface area contributed by atoms with E-state index < -0.39 is 0 Å². The minimum Gasteiger partial charge on any atom is -0.356 e. The molecule has 0 fully saturated rings. The number of guanidine groups is 1. The molecule has 14 heavy (non-hydrogen) atoms. The molecule has 0 saturated carbocycles. The first-order valence-electron chi connectivity index (χ1n) is 4.71. The SMILES string of the molecule is CCCNC(=NC)NCC(C)SC.I. The van der Waals surface area contributed by atoms with Crippen LogP contribution in [0.15, 0.2) is 4.99 Å². The van der Waals surface area contributed by atoms with Crippen molar-refractivity contribution in [3.63, 3.8) is 0 Å². The van der Waals surface area contributed by atoms with Crippen molar-refractivity contribution in [2.75, 3.05) is 26.4 Å². The Morgan fingerprint density at radius 1 is 1.43 bits per heavy atom. The molecular weight excluding hydrogens is 309 g/mol. The summed E-state index contributed by atoms with van der Waals surface area (Å²) in [5.74, 6) is 0.905. The van der Waals surface area contributed by atoms with Gasteiger partial charge in [0.05, 0.1) is 0 Å². The van der Waals surface area contributed by atoms with Crippen molar-refractivity contribution < 1.29 is 0 Å². The average Bonchev–Trinajstić information content (AvgIpc) is 2.17. The highest BCUT2D eigenvalue weighted by Gasteiger charge is 2.00. The van der Waals surface area contributed by atoms with Gasteiger partial charge in [-0.25, -0.2) is 0 Å². The zero-order valence-corrected chi connectivity index (χ0v) is 12.6. The van der Waals surface area contributed by atoms with Gasteiger partial charge in [0.15, 0.2) is 5.96 Å². The Bertz CT molecular complexity index is 153. The largest absolute Gasteiger partial charge is 0.356 e. The molecule has 1 atom stereocenters. The third kappa shape index (κ3) is 8.93. The molecule has 0 saturated heterocycles. The molecule has 0 aliphatic heterocycles. The molecule has 0 heterocycles. The predicted molar refractivity (Wildman–Crippen MR) is 78.0 cm³/mol. The van der Waals surface area contributed by atoms with Crippen molar-refractivity contribution in [2.24, 2.45) is 4.99 Å². The number of aliphatic imine (C=N–C) groups is 1. The van der Waals surface area contributed by atoms with Gasteiger partial charge in [-0.1, -0.05) is 13.8 Å². The summed E-state index contributed by atoms with van der Waals surface area (Å²) < 4.78 is 0. The molecule has 86 valence electrons. The quantitative estimate of drug-likeness (QED) is 0.459. The minimum atomic E-state index is 0. The summed E-state index contributed by atoms with van der Waals surface area (Å²) in [7, 11) is 1.80. The molecular formula is C9H22IN3S. The maximum absolute atomic E-state index is 4.12. The normalized spacial score (nSPS) is 13.0. The fraction of sp³-hybridized carbons (Fsp3) is 0.889. The minimum absolute atomic E-state index is 0. The summed E-state index contributed by atoms with van der Waals surface area (Å²) in [6.07, 6.45) is 3.24. The van der Waals surface area contributed by atoms with Crippen LogP contribution in [0.4, 0.5) is 0 Å². The van der Waals surface area contributed by atoms with Crippen molar-refractivity contribution in [1.29, 1.82) is 0 Å². The maximum Gasteiger partial charge on any atom is 0.191 e. The number of thioether (sulfide) groups is 1. The molecule has 0 aliphatic rings. The van der Waals surface area contributed by atoms with Crippen molar-refractivity contribution in [2.45, 2.75) is 25.5 Å². The smallest absolute Gasteiger partial charge is 0.191 e. The van der Waals surface area contributed by atoms with Crippen LogP contribution in [0, 0.1) is 0 Å². The molecule has 0 spiro atoms. The molecule has 0 radical (unpaired) electrons. The van der Waals surface area contributed by atoms with Gasteiger partial charge < -0.3 is 10.6 Å². The van der Waals surface area contributed by atoms with E-state index in [0.717, 1.165) is 25.5 Å². The summed E-state index contributed by atoms with van der Waals surface area (Å²) >= 11 is 1.86. The zero-order valence-electron chi connectivity index (χ0n) is 9.46. The second-order valence-corrected chi connectivity index (χ2v) is 4.20. The lowest BCUT2D eigenvalue weighted by Gasteiger charge is -2.13. The highest BCUT2D eigenvalue weighted by Crippen LogP contribution is 2.01. The fourth-order valence-corrected chi connectivity index (χ4v) is 1.04. The first-order chi connectivity index (χ1) is 6.24. The lowest BCUT2D eigenvalue weighted by molar-refractivity contribution is 0.771. The maximum atomic E-state index is 4.12. The third-order valence-electron chi connectivity index (χ3n) is 1.73. The van der Waals surface area contributed by atoms with Crippen LogP contribution in [0.2, 0.25) is 0 Å². The summed E-state index contributed by atoms with van der Waals surface area (Å²) in [6.45, 7) is 6.29. The Morgan fingerprint density at radius 3 is 2.50 bits per heavy atom. The Hall–Kier alpha value is 0.350. The number of hydrogen-bond acceptors (Lipinski definition) is 2. The lowest BCUT2D eigenvalue weighted by atomic mass is 10.4. The first-order valence-corrected chi connectivity index (χ1v) is 6.00. The Balaban J connectivity index is 0. The molecule has 1 unspecified atom stereocenters. The van der Waals surface area contributed by atoms with E-state index in [2.05, 4.69) is 35.7 Å². The van der Waals surface area contributed by atoms with E-state index in [1.165, 1.54) is 0 Å². The second-order valence-electron chi connectivity index (χ2n) is 2.93. The Morgan fingerprint density at radius 2 is 2.07 bits per heavy atom. The molecule has 5 heteroatoms. The molecule has 0 amide bonds. The summed E-state index contributed by atoms with van der Waals surface area (Å²) in [4.78, 5) is 4.12. The van der Waals surface area contributed by atoms with E-state index in [1.54, 1.807) is 7.05 Å². The Kier molecular flexibility index (Phi) is 13.7. The Labute approximate surface area is 109 Å². The standard InChI is InChI=1S/C9H21N3S.HI/c1-5-6-11-9(10-3)12-7-8(2)13-4;/h8H,5-7H2,1-4H3,(H2,10,11,12);1H. The van der Waals surface area contributed by atoms with Gasteiger partial charge in [0.2, 0.25) is 0 Å². The number of hydrogen-bond donors (Lipinski definition) is 2. The molecule has 0 rings (SSSR count). The topological polar surface area (TPSA) is 36.4 Å². The van der Waals surface area contributed by atoms with Gasteiger partial charge in [0.1, 0.15) is 0 Å². The third-order valence-corrected chi connectivity index (χ3v) is 2.70. The monoisotopic (exact) mass is 331 g/mol. The van der Waals surface area contributed by atoms with Crippen LogP contribution in [-0.4, -0.2) is 37.6 Å². The highest BCUT2D eigenvalue weighted by molar-refractivity contribution is 14.0. The zero-order chi connectivity index (χ0) is 10.1. The van der Waals surface area contributed by atoms with Gasteiger partial charge in [-0.05, 0) is 12.7 Å². The molecule has 0 aromatic heterocycles. The lowest BCUT2D eigenvalue weighted by Crippen LogP contribution is -2.40. The molecule has 0 aromatic rings. The van der Waals surface area contributed by atoms with Gasteiger partial charge >= 0.3 is 0 Å². The van der Waals surface area contributed by atoms with Gasteiger partial charge in [-0.15, -0.1) is 24.0 Å². The average molecular weight is 331 g/mol. The van der Waals surface area contributed by atoms with Crippen LogP contribution in [0.1, 0.15) is 20.3 Å². The molecule has 0 aliphatic carbocycles. The van der Waals surface area contributed by atoms with Crippen molar-refractivity contribution in [3.8, 4) is 0 Å². The summed E-state index contributed by atoms with van der Waals surface area (Å²) in [5.41, 5.74) is 0. The molecule has 2 N–H and O–H groups in total. The van der Waals surface area contributed by atoms with Gasteiger partial charge in [0.25, 0.3) is 0 Å². The first kappa shape index (κ1) is 16.8. The van der Waals surface area contributed by atoms with Crippen LogP contribution in [0.25, 0.3) is 0 Å². The van der Waals surface area contributed by atoms with Crippen LogP contribution in [0.5, 0.6) is 0 Å². The van der Waals surface area contributed by atoms with Crippen molar-refractivity contribution in [3.05, 3.63) is 0 Å². The van der Waals surface area contributed by atoms with Crippen LogP contribution >= 0.6 is 35.7 Å². The van der Waals surface area contributed by atoms with E-state index in [1.807, 2.05) is 11.8 Å². The van der Waals surface area contributed by atoms with Crippen LogP contribution in [0.3, 0.4) is 0 Å². The summed E-state index contributed by atoms with van der Waals surface area (Å²) in [6, 6.07) is 0. The van der Waals surface area contributed by atoms with Crippen LogP contribution in [-0.2, 0) is 0 Å². The number of nitrogens with one attached hydrogen (secondary N) is 2. The summed E-state index contributed by atoms with van der Waals surface area (Å²) in [5, 5.41) is 7.13. The van der Waals surface area contributed by atoms with Crippen molar-refractivity contribution >= 4 is 41.7 Å². The van der Waals surface area contributed by atoms with E-state index in [0.29, 0.717) is 5.25 Å². The fourth-order valence-electron chi connectivity index (χ4n) is 0.788. The number of halogens is 1. The van der Waals surface area contributed by atoms with E-state index in [-0.39, 0.29) is 24.0 Å². The van der Waals surface area contributed by atoms with E-state index in [4.69, 9.17) is 0 Å². The number of nitrogens with zero attached hydrogens (tertiary/aromatic N) is 1. The van der Waals surface area contributed by atoms with Gasteiger partial charge in [0, 0.05) is 25.4 Å². The molecule has 3 nitrogen and oxygen atoms in total.